The van der Waals surface area contributed by atoms with Crippen LogP contribution in [0.5, 0.6) is 0 Å². The number of aromatic nitrogens is 1. The van der Waals surface area contributed by atoms with Gasteiger partial charge in [-0.1, -0.05) is 60.6 Å². The van der Waals surface area contributed by atoms with Gasteiger partial charge in [0.15, 0.2) is 0 Å². The number of alkyl halides is 2. The summed E-state index contributed by atoms with van der Waals surface area (Å²) in [5.41, 5.74) is -0.389. The number of sulfonamides is 1. The number of rotatable bonds is 6. The minimum Gasteiger partial charge on any atom is -0.352 e. The highest BCUT2D eigenvalue weighted by atomic mass is 32.2. The predicted octanol–water partition coefficient (Wildman–Crippen LogP) is 4.41. The van der Waals surface area contributed by atoms with E-state index < -0.39 is 33.8 Å². The number of carbonyl (C=O) groups is 1. The topological polar surface area (TPSA) is 80.5 Å². The van der Waals surface area contributed by atoms with Crippen LogP contribution >= 0.6 is 0 Å². The summed E-state index contributed by atoms with van der Waals surface area (Å²) in [5.74, 6) is -1.87. The number of hydrogen-bond donors (Lipinski definition) is 0. The number of amides is 1. The largest absolute Gasteiger partial charge is 0.352 e. The van der Waals surface area contributed by atoms with E-state index in [0.717, 1.165) is 0 Å². The molecule has 0 aliphatic carbocycles. The molecule has 1 amide bonds. The van der Waals surface area contributed by atoms with Crippen LogP contribution in [0.2, 0.25) is 0 Å². The number of halogens is 2. The highest BCUT2D eigenvalue weighted by molar-refractivity contribution is 7.93. The van der Waals surface area contributed by atoms with Crippen molar-refractivity contribution >= 4 is 21.6 Å². The molecule has 6 nitrogen and oxygen atoms in total. The Morgan fingerprint density at radius 1 is 1.07 bits per heavy atom. The van der Waals surface area contributed by atoms with Crippen molar-refractivity contribution < 1.29 is 26.5 Å². The highest BCUT2D eigenvalue weighted by Crippen LogP contribution is 2.41. The maximum absolute atomic E-state index is 13.6. The smallest absolute Gasteiger partial charge is 0.300 e. The van der Waals surface area contributed by atoms with Crippen LogP contribution in [0.15, 0.2) is 70.1 Å². The average molecular weight is 406 g/mol. The van der Waals surface area contributed by atoms with Gasteiger partial charge in [0.1, 0.15) is 11.4 Å². The van der Waals surface area contributed by atoms with Crippen LogP contribution in [0.3, 0.4) is 0 Å². The van der Waals surface area contributed by atoms with Gasteiger partial charge in [0.05, 0.1) is 4.90 Å². The lowest BCUT2D eigenvalue weighted by Gasteiger charge is -2.22. The van der Waals surface area contributed by atoms with Gasteiger partial charge in [0, 0.05) is 12.0 Å². The highest BCUT2D eigenvalue weighted by Gasteiger charge is 2.38. The molecule has 0 N–H and O–H groups in total. The molecule has 0 atom stereocenters. The third kappa shape index (κ3) is 3.53. The van der Waals surface area contributed by atoms with Crippen LogP contribution in [-0.4, -0.2) is 19.5 Å². The molecule has 0 spiro atoms. The first-order chi connectivity index (χ1) is 13.4. The molecule has 1 aromatic heterocycles. The molecule has 0 saturated carbocycles. The van der Waals surface area contributed by atoms with Crippen molar-refractivity contribution in [2.75, 3.05) is 4.31 Å². The van der Waals surface area contributed by atoms with Gasteiger partial charge < -0.3 is 4.52 Å². The van der Waals surface area contributed by atoms with E-state index in [-0.39, 0.29) is 17.0 Å². The number of hydrogen-bond acceptors (Lipinski definition) is 5. The Labute approximate surface area is 160 Å². The number of carbonyl (C=O) groups excluding carboxylic acids is 1. The zero-order valence-corrected chi connectivity index (χ0v) is 15.6. The lowest BCUT2D eigenvalue weighted by molar-refractivity contribution is -0.117. The monoisotopic (exact) mass is 406 g/mol. The Bertz CT molecular complexity index is 1070. The maximum atomic E-state index is 13.6. The van der Waals surface area contributed by atoms with Gasteiger partial charge in [-0.05, 0) is 12.1 Å². The summed E-state index contributed by atoms with van der Waals surface area (Å²) < 4.78 is 58.7. The van der Waals surface area contributed by atoms with Gasteiger partial charge in [-0.3, -0.25) is 4.79 Å². The minimum atomic E-state index is -4.47. The van der Waals surface area contributed by atoms with Crippen LogP contribution in [-0.2, 0) is 14.8 Å². The van der Waals surface area contributed by atoms with Gasteiger partial charge in [0.2, 0.25) is 11.7 Å². The number of nitrogens with zero attached hydrogens (tertiary/aromatic N) is 2. The van der Waals surface area contributed by atoms with Crippen LogP contribution in [0.25, 0.3) is 11.3 Å². The standard InChI is InChI=1S/C19H16F2N2O4S/c1-2-15(24)23(28(25,26)14-11-7-4-8-12-14)17-16(13-9-5-3-6-10-13)22-27-18(17)19(20)21/h3-12,19H,2H2,1H3. The zero-order valence-electron chi connectivity index (χ0n) is 14.7. The third-order valence-electron chi connectivity index (χ3n) is 3.95. The van der Waals surface area contributed by atoms with Crippen molar-refractivity contribution in [2.45, 2.75) is 24.7 Å². The first-order valence-electron chi connectivity index (χ1n) is 8.34. The zero-order chi connectivity index (χ0) is 20.3. The quantitative estimate of drug-likeness (QED) is 0.606. The molecule has 0 aliphatic heterocycles. The molecule has 9 heteroatoms. The van der Waals surface area contributed by atoms with E-state index in [4.69, 9.17) is 4.52 Å². The Balaban J connectivity index is 2.30. The molecule has 3 rings (SSSR count). The fourth-order valence-electron chi connectivity index (χ4n) is 2.64. The van der Waals surface area contributed by atoms with Crippen molar-refractivity contribution in [3.63, 3.8) is 0 Å². The number of anilines is 1. The van der Waals surface area contributed by atoms with E-state index in [0.29, 0.717) is 9.87 Å². The van der Waals surface area contributed by atoms with Gasteiger partial charge >= 0.3 is 0 Å². The molecule has 146 valence electrons. The van der Waals surface area contributed by atoms with Crippen molar-refractivity contribution in [2.24, 2.45) is 0 Å². The van der Waals surface area contributed by atoms with Crippen molar-refractivity contribution in [1.82, 2.24) is 5.16 Å². The molecule has 0 aliphatic rings. The van der Waals surface area contributed by atoms with Gasteiger partial charge in [-0.15, -0.1) is 0 Å². The molecule has 2 aromatic carbocycles. The summed E-state index contributed by atoms with van der Waals surface area (Å²) in [6.45, 7) is 1.44. The lowest BCUT2D eigenvalue weighted by atomic mass is 10.1. The first-order valence-corrected chi connectivity index (χ1v) is 9.78. The summed E-state index contributed by atoms with van der Waals surface area (Å²) in [5, 5.41) is 3.64. The summed E-state index contributed by atoms with van der Waals surface area (Å²) >= 11 is 0. The summed E-state index contributed by atoms with van der Waals surface area (Å²) in [6.07, 6.45) is -3.40. The van der Waals surface area contributed by atoms with E-state index in [1.165, 1.54) is 31.2 Å². The second kappa shape index (κ2) is 7.89. The van der Waals surface area contributed by atoms with Crippen molar-refractivity contribution in [1.29, 1.82) is 0 Å². The molecule has 0 radical (unpaired) electrons. The molecule has 0 fully saturated rings. The van der Waals surface area contributed by atoms with E-state index >= 15 is 0 Å². The van der Waals surface area contributed by atoms with E-state index in [2.05, 4.69) is 5.16 Å². The number of benzene rings is 2. The average Bonchev–Trinajstić information content (AvgIpc) is 3.14. The Morgan fingerprint density at radius 3 is 2.18 bits per heavy atom. The van der Waals surface area contributed by atoms with Crippen molar-refractivity contribution in [3.8, 4) is 11.3 Å². The SMILES string of the molecule is CCC(=O)N(c1c(-c2ccccc2)noc1C(F)F)S(=O)(=O)c1ccccc1. The fourth-order valence-corrected chi connectivity index (χ4v) is 4.17. The predicted molar refractivity (Wildman–Crippen MR) is 98.3 cm³/mol. The molecule has 0 bridgehead atoms. The Hall–Kier alpha value is -3.07. The maximum Gasteiger partial charge on any atom is 0.300 e. The van der Waals surface area contributed by atoms with E-state index in [1.807, 2.05) is 0 Å². The molecule has 1 heterocycles. The third-order valence-corrected chi connectivity index (χ3v) is 5.69. The minimum absolute atomic E-state index is 0.155. The Morgan fingerprint density at radius 2 is 1.64 bits per heavy atom. The molecule has 3 aromatic rings. The molecule has 0 saturated heterocycles. The summed E-state index contributed by atoms with van der Waals surface area (Å²) in [7, 11) is -4.47. The molecular formula is C19H16F2N2O4S. The molecule has 28 heavy (non-hydrogen) atoms. The van der Waals surface area contributed by atoms with Crippen LogP contribution in [0, 0.1) is 0 Å². The summed E-state index contributed by atoms with van der Waals surface area (Å²) in [6, 6.07) is 15.2. The van der Waals surface area contributed by atoms with Gasteiger partial charge in [-0.25, -0.2) is 17.2 Å². The molecule has 0 unspecified atom stereocenters. The van der Waals surface area contributed by atoms with Gasteiger partial charge in [0.25, 0.3) is 16.4 Å². The van der Waals surface area contributed by atoms with E-state index in [9.17, 15) is 22.0 Å². The second-order valence-corrected chi connectivity index (χ2v) is 7.53. The second-order valence-electron chi connectivity index (χ2n) is 5.74. The van der Waals surface area contributed by atoms with E-state index in [1.54, 1.807) is 36.4 Å². The normalized spacial score (nSPS) is 11.6. The fraction of sp³-hybridized carbons (Fsp3) is 0.158. The lowest BCUT2D eigenvalue weighted by Crippen LogP contribution is -2.37. The van der Waals surface area contributed by atoms with Crippen molar-refractivity contribution in [3.05, 3.63) is 66.4 Å². The Kier molecular flexibility index (Phi) is 5.55. The van der Waals surface area contributed by atoms with Crippen LogP contribution < -0.4 is 4.31 Å². The van der Waals surface area contributed by atoms with Gasteiger partial charge in [-0.2, -0.15) is 4.31 Å². The van der Waals surface area contributed by atoms with Crippen LogP contribution in [0.4, 0.5) is 14.5 Å². The van der Waals surface area contributed by atoms with Crippen LogP contribution in [0.1, 0.15) is 25.5 Å². The summed E-state index contributed by atoms with van der Waals surface area (Å²) in [4.78, 5) is 12.4. The molecular weight excluding hydrogens is 390 g/mol. The first kappa shape index (κ1) is 19.7.